The first-order valence-electron chi connectivity index (χ1n) is 9.66. The molecule has 2 aliphatic heterocycles. The molecular formula is C22H24N2O5. The minimum Gasteiger partial charge on any atom is -0.508 e. The smallest absolute Gasteiger partial charge is 0.293 e. The number of ether oxygens (including phenoxy) is 2. The van der Waals surface area contributed by atoms with Crippen LogP contribution in [-0.2, 0) is 27.4 Å². The zero-order valence-corrected chi connectivity index (χ0v) is 16.7. The number of methoxy groups -OCH3 is 1. The number of anilines is 1. The van der Waals surface area contributed by atoms with Crippen molar-refractivity contribution in [2.24, 2.45) is 0 Å². The Kier molecular flexibility index (Phi) is 4.92. The molecule has 0 fully saturated rings. The molecule has 0 spiro atoms. The molecule has 2 aliphatic rings. The highest BCUT2D eigenvalue weighted by molar-refractivity contribution is 5.84. The lowest BCUT2D eigenvalue weighted by molar-refractivity contribution is -0.129. The van der Waals surface area contributed by atoms with Crippen molar-refractivity contribution in [2.45, 2.75) is 45.6 Å². The minimum atomic E-state index is -0.314. The SMILES string of the molecule is CCC1=C2Cn3c(cc(C(C)OC)c(COC=O)c3=O)C2Nc2ccc(O)cc21. The third-order valence-electron chi connectivity index (χ3n) is 5.90. The molecule has 1 aromatic heterocycles. The van der Waals surface area contributed by atoms with Crippen LogP contribution in [0.5, 0.6) is 5.75 Å². The number of aromatic nitrogens is 1. The van der Waals surface area contributed by atoms with E-state index in [1.54, 1.807) is 23.8 Å². The summed E-state index contributed by atoms with van der Waals surface area (Å²) in [6.45, 7) is 4.66. The van der Waals surface area contributed by atoms with Gasteiger partial charge in [-0.15, -0.1) is 0 Å². The number of aromatic hydroxyl groups is 1. The second-order valence-electron chi connectivity index (χ2n) is 7.34. The average Bonchev–Trinajstić information content (AvgIpc) is 3.09. The lowest BCUT2D eigenvalue weighted by Gasteiger charge is -2.28. The molecule has 0 saturated heterocycles. The van der Waals surface area contributed by atoms with Crippen molar-refractivity contribution >= 4 is 17.7 Å². The number of nitrogens with one attached hydrogen (secondary N) is 1. The van der Waals surface area contributed by atoms with Crippen LogP contribution in [0.2, 0.25) is 0 Å². The number of hydrogen-bond acceptors (Lipinski definition) is 6. The topological polar surface area (TPSA) is 89.8 Å². The number of phenols is 1. The highest BCUT2D eigenvalue weighted by Gasteiger charge is 2.36. The van der Waals surface area contributed by atoms with E-state index in [1.807, 2.05) is 19.1 Å². The van der Waals surface area contributed by atoms with Crippen molar-refractivity contribution in [3.05, 3.63) is 62.6 Å². The van der Waals surface area contributed by atoms with Gasteiger partial charge < -0.3 is 24.5 Å². The monoisotopic (exact) mass is 396 g/mol. The van der Waals surface area contributed by atoms with Gasteiger partial charge in [-0.05, 0) is 54.3 Å². The van der Waals surface area contributed by atoms with Gasteiger partial charge in [-0.3, -0.25) is 9.59 Å². The van der Waals surface area contributed by atoms with E-state index < -0.39 is 0 Å². The second kappa shape index (κ2) is 7.40. The number of fused-ring (bicyclic) bond motifs is 4. The van der Waals surface area contributed by atoms with Crippen molar-refractivity contribution in [3.8, 4) is 5.75 Å². The van der Waals surface area contributed by atoms with Gasteiger partial charge in [0.05, 0.1) is 17.7 Å². The first-order chi connectivity index (χ1) is 14.0. The normalized spacial score (nSPS) is 17.8. The Labute approximate surface area is 168 Å². The van der Waals surface area contributed by atoms with E-state index in [4.69, 9.17) is 9.47 Å². The van der Waals surface area contributed by atoms with E-state index in [1.165, 1.54) is 0 Å². The molecule has 0 amide bonds. The fourth-order valence-corrected chi connectivity index (χ4v) is 4.41. The summed E-state index contributed by atoms with van der Waals surface area (Å²) in [4.78, 5) is 24.0. The first-order valence-corrected chi connectivity index (χ1v) is 9.66. The molecule has 0 aliphatic carbocycles. The molecule has 0 radical (unpaired) electrons. The third-order valence-corrected chi connectivity index (χ3v) is 5.90. The summed E-state index contributed by atoms with van der Waals surface area (Å²) in [5.41, 5.74) is 6.00. The summed E-state index contributed by atoms with van der Waals surface area (Å²) in [5.74, 6) is 0.215. The van der Waals surface area contributed by atoms with Gasteiger partial charge in [-0.1, -0.05) is 6.92 Å². The molecule has 7 nitrogen and oxygen atoms in total. The van der Waals surface area contributed by atoms with Gasteiger partial charge in [0.1, 0.15) is 12.4 Å². The molecule has 4 rings (SSSR count). The average molecular weight is 396 g/mol. The second-order valence-corrected chi connectivity index (χ2v) is 7.34. The Bertz CT molecular complexity index is 1070. The Morgan fingerprint density at radius 3 is 2.86 bits per heavy atom. The summed E-state index contributed by atoms with van der Waals surface area (Å²) < 4.78 is 12.1. The van der Waals surface area contributed by atoms with E-state index in [0.717, 1.165) is 40.1 Å². The van der Waals surface area contributed by atoms with Crippen LogP contribution in [0.25, 0.3) is 5.57 Å². The summed E-state index contributed by atoms with van der Waals surface area (Å²) in [5, 5.41) is 13.5. The molecule has 2 N–H and O–H groups in total. The predicted molar refractivity (Wildman–Crippen MR) is 109 cm³/mol. The molecule has 2 aromatic rings. The van der Waals surface area contributed by atoms with Crippen molar-refractivity contribution < 1.29 is 19.4 Å². The third kappa shape index (κ3) is 3.02. The van der Waals surface area contributed by atoms with E-state index in [0.29, 0.717) is 18.6 Å². The van der Waals surface area contributed by atoms with Gasteiger partial charge in [0.2, 0.25) is 0 Å². The largest absolute Gasteiger partial charge is 0.508 e. The Hall–Kier alpha value is -3.06. The number of nitrogens with zero attached hydrogens (tertiary/aromatic N) is 1. The predicted octanol–water partition coefficient (Wildman–Crippen LogP) is 3.28. The van der Waals surface area contributed by atoms with Crippen molar-refractivity contribution in [2.75, 3.05) is 12.4 Å². The first kappa shape index (κ1) is 19.3. The summed E-state index contributed by atoms with van der Waals surface area (Å²) in [6, 6.07) is 7.13. The molecule has 1 aromatic carbocycles. The number of phenolic OH excluding ortho intramolecular Hbond substituents is 1. The molecule has 7 heteroatoms. The van der Waals surface area contributed by atoms with Crippen LogP contribution >= 0.6 is 0 Å². The molecule has 0 saturated carbocycles. The molecule has 3 heterocycles. The number of pyridine rings is 1. The standard InChI is InChI=1S/C22H24N2O5/c1-4-14-16-7-13(26)5-6-19(16)23-21-17(14)9-24-20(21)8-15(12(2)28-3)18(22(24)27)10-29-11-25/h5-8,11-12,21,23,26H,4,9-10H2,1-3H3. The lowest BCUT2D eigenvalue weighted by atomic mass is 9.88. The molecular weight excluding hydrogens is 372 g/mol. The molecule has 152 valence electrons. The van der Waals surface area contributed by atoms with Crippen LogP contribution in [-0.4, -0.2) is 23.3 Å². The van der Waals surface area contributed by atoms with Gasteiger partial charge in [-0.2, -0.15) is 0 Å². The van der Waals surface area contributed by atoms with Crippen molar-refractivity contribution in [1.82, 2.24) is 4.57 Å². The highest BCUT2D eigenvalue weighted by atomic mass is 16.5. The Morgan fingerprint density at radius 2 is 2.17 bits per heavy atom. The van der Waals surface area contributed by atoms with Gasteiger partial charge >= 0.3 is 0 Å². The van der Waals surface area contributed by atoms with Crippen LogP contribution in [0.1, 0.15) is 54.8 Å². The number of benzene rings is 1. The Balaban J connectivity index is 1.90. The molecule has 0 bridgehead atoms. The van der Waals surface area contributed by atoms with Crippen molar-refractivity contribution in [1.29, 1.82) is 0 Å². The van der Waals surface area contributed by atoms with Crippen LogP contribution in [0, 0.1) is 0 Å². The van der Waals surface area contributed by atoms with E-state index in [9.17, 15) is 14.7 Å². The van der Waals surface area contributed by atoms with Gasteiger partial charge in [0.25, 0.3) is 12.0 Å². The quantitative estimate of drug-likeness (QED) is 0.575. The molecule has 29 heavy (non-hydrogen) atoms. The maximum Gasteiger partial charge on any atom is 0.293 e. The minimum absolute atomic E-state index is 0.0858. The number of carbonyl (C=O) groups excluding carboxylic acids is 1. The number of rotatable bonds is 6. The zero-order valence-electron chi connectivity index (χ0n) is 16.7. The van der Waals surface area contributed by atoms with Crippen LogP contribution < -0.4 is 10.9 Å². The van der Waals surface area contributed by atoms with E-state index in [-0.39, 0.29) is 30.1 Å². The van der Waals surface area contributed by atoms with Gasteiger partial charge in [-0.25, -0.2) is 0 Å². The maximum absolute atomic E-state index is 13.3. The van der Waals surface area contributed by atoms with Gasteiger partial charge in [0.15, 0.2) is 0 Å². The zero-order chi connectivity index (χ0) is 20.7. The molecule has 2 atom stereocenters. The van der Waals surface area contributed by atoms with Crippen molar-refractivity contribution in [3.63, 3.8) is 0 Å². The van der Waals surface area contributed by atoms with E-state index in [2.05, 4.69) is 12.2 Å². The summed E-state index contributed by atoms with van der Waals surface area (Å²) in [7, 11) is 1.59. The number of hydrogen-bond donors (Lipinski definition) is 2. The van der Waals surface area contributed by atoms with E-state index >= 15 is 0 Å². The fourth-order valence-electron chi connectivity index (χ4n) is 4.41. The fraction of sp³-hybridized carbons (Fsp3) is 0.364. The highest BCUT2D eigenvalue weighted by Crippen LogP contribution is 2.46. The Morgan fingerprint density at radius 1 is 1.38 bits per heavy atom. The maximum atomic E-state index is 13.3. The van der Waals surface area contributed by atoms with Gasteiger partial charge in [0, 0.05) is 30.6 Å². The van der Waals surface area contributed by atoms with Crippen LogP contribution in [0.15, 0.2) is 34.6 Å². The summed E-state index contributed by atoms with van der Waals surface area (Å²) in [6.07, 6.45) is 0.472. The van der Waals surface area contributed by atoms with Crippen LogP contribution in [0.4, 0.5) is 5.69 Å². The lowest BCUT2D eigenvalue weighted by Crippen LogP contribution is -2.27. The number of carbonyl (C=O) groups is 1. The molecule has 2 unspecified atom stereocenters. The summed E-state index contributed by atoms with van der Waals surface area (Å²) >= 11 is 0. The van der Waals surface area contributed by atoms with Crippen LogP contribution in [0.3, 0.4) is 0 Å². The number of allylic oxidation sites excluding steroid dienone is 1.